The van der Waals surface area contributed by atoms with Crippen molar-refractivity contribution in [3.8, 4) is 0 Å². The van der Waals surface area contributed by atoms with E-state index in [4.69, 9.17) is 0 Å². The molecule has 19 heavy (non-hydrogen) atoms. The Morgan fingerprint density at radius 3 is 2.68 bits per heavy atom. The number of allylic oxidation sites excluding steroid dienone is 1. The molecule has 1 aliphatic rings. The lowest BCUT2D eigenvalue weighted by Gasteiger charge is -2.26. The molecule has 1 nitrogen and oxygen atoms in total. The third-order valence-corrected chi connectivity index (χ3v) is 4.03. The van der Waals surface area contributed by atoms with E-state index in [9.17, 15) is 0 Å². The van der Waals surface area contributed by atoms with Crippen LogP contribution in [0.1, 0.15) is 61.8 Å². The Kier molecular flexibility index (Phi) is 5.21. The molecule has 1 unspecified atom stereocenters. The molecule has 0 saturated heterocycles. The summed E-state index contributed by atoms with van der Waals surface area (Å²) < 4.78 is 0. The normalized spacial score (nSPS) is 17.1. The lowest BCUT2D eigenvalue weighted by molar-refractivity contribution is 0.545. The van der Waals surface area contributed by atoms with Crippen molar-refractivity contribution in [3.63, 3.8) is 0 Å². The molecule has 0 spiro atoms. The third-order valence-electron chi connectivity index (χ3n) is 4.03. The smallest absolute Gasteiger partial charge is 0.0538 e. The second-order valence-electron chi connectivity index (χ2n) is 5.77. The maximum Gasteiger partial charge on any atom is 0.0538 e. The predicted octanol–water partition coefficient (Wildman–Crippen LogP) is 4.84. The van der Waals surface area contributed by atoms with Crippen molar-refractivity contribution in [1.29, 1.82) is 0 Å². The quantitative estimate of drug-likeness (QED) is 0.744. The van der Waals surface area contributed by atoms with Gasteiger partial charge < -0.3 is 5.32 Å². The van der Waals surface area contributed by atoms with Gasteiger partial charge in [-0.1, -0.05) is 42.3 Å². The molecule has 0 radical (unpaired) electrons. The molecule has 104 valence electrons. The van der Waals surface area contributed by atoms with Gasteiger partial charge in [0.25, 0.3) is 0 Å². The highest BCUT2D eigenvalue weighted by Gasteiger charge is 2.19. The lowest BCUT2D eigenvalue weighted by Crippen LogP contribution is -2.25. The van der Waals surface area contributed by atoms with E-state index in [0.29, 0.717) is 6.04 Å². The van der Waals surface area contributed by atoms with E-state index in [2.05, 4.69) is 50.4 Å². The number of hydrogen-bond donors (Lipinski definition) is 1. The summed E-state index contributed by atoms with van der Waals surface area (Å²) in [6, 6.07) is 7.29. The Morgan fingerprint density at radius 2 is 2.05 bits per heavy atom. The van der Waals surface area contributed by atoms with Gasteiger partial charge in [-0.05, 0) is 63.6 Å². The van der Waals surface area contributed by atoms with Crippen molar-refractivity contribution in [2.24, 2.45) is 0 Å². The van der Waals surface area contributed by atoms with E-state index < -0.39 is 0 Å². The number of rotatable bonds is 5. The third kappa shape index (κ3) is 3.70. The fourth-order valence-electron chi connectivity index (χ4n) is 3.00. The maximum atomic E-state index is 3.75. The second kappa shape index (κ2) is 6.91. The summed E-state index contributed by atoms with van der Waals surface area (Å²) in [6.07, 6.45) is 8.88. The van der Waals surface area contributed by atoms with Crippen LogP contribution in [0.2, 0.25) is 0 Å². The first-order valence-electron chi connectivity index (χ1n) is 7.72. The van der Waals surface area contributed by atoms with E-state index in [0.717, 1.165) is 6.54 Å². The van der Waals surface area contributed by atoms with Gasteiger partial charge in [0.05, 0.1) is 6.04 Å². The molecule has 0 bridgehead atoms. The number of hydrogen-bond acceptors (Lipinski definition) is 1. The number of benzene rings is 1. The standard InChI is InChI=1S/C18H27N/c1-4-12-19-18(16-8-6-5-7-9-16)17-11-10-14(2)13-15(17)3/h8,10-11,13,18-19H,4-7,9,12H2,1-3H3. The van der Waals surface area contributed by atoms with E-state index in [1.807, 2.05) is 0 Å². The van der Waals surface area contributed by atoms with Crippen molar-refractivity contribution < 1.29 is 0 Å². The zero-order chi connectivity index (χ0) is 13.7. The Hall–Kier alpha value is -1.08. The molecule has 0 fully saturated rings. The zero-order valence-electron chi connectivity index (χ0n) is 12.6. The Labute approximate surface area is 118 Å². The molecular weight excluding hydrogens is 230 g/mol. The first kappa shape index (κ1) is 14.3. The predicted molar refractivity (Wildman–Crippen MR) is 83.5 cm³/mol. The summed E-state index contributed by atoms with van der Waals surface area (Å²) in [5.74, 6) is 0. The second-order valence-corrected chi connectivity index (χ2v) is 5.77. The summed E-state index contributed by atoms with van der Waals surface area (Å²) in [4.78, 5) is 0. The van der Waals surface area contributed by atoms with Crippen LogP contribution in [0.15, 0.2) is 29.8 Å². The minimum Gasteiger partial charge on any atom is -0.307 e. The van der Waals surface area contributed by atoms with Crippen molar-refractivity contribution in [2.45, 2.75) is 58.9 Å². The van der Waals surface area contributed by atoms with E-state index in [1.54, 1.807) is 5.57 Å². The summed E-state index contributed by atoms with van der Waals surface area (Å²) in [6.45, 7) is 7.74. The molecule has 0 saturated carbocycles. The molecule has 2 rings (SSSR count). The minimum atomic E-state index is 0.431. The van der Waals surface area contributed by atoms with Crippen molar-refractivity contribution in [3.05, 3.63) is 46.5 Å². The van der Waals surface area contributed by atoms with Crippen LogP contribution in [0.3, 0.4) is 0 Å². The minimum absolute atomic E-state index is 0.431. The van der Waals surface area contributed by atoms with Gasteiger partial charge in [0.15, 0.2) is 0 Å². The highest BCUT2D eigenvalue weighted by molar-refractivity contribution is 5.37. The van der Waals surface area contributed by atoms with Crippen molar-refractivity contribution in [1.82, 2.24) is 5.32 Å². The van der Waals surface area contributed by atoms with Crippen LogP contribution in [0.5, 0.6) is 0 Å². The molecular formula is C18H27N. The molecule has 1 N–H and O–H groups in total. The molecule has 0 heterocycles. The SMILES string of the molecule is CCCNC(C1=CCCCC1)c1ccc(C)cc1C. The topological polar surface area (TPSA) is 12.0 Å². The van der Waals surface area contributed by atoms with Crippen LogP contribution in [0.25, 0.3) is 0 Å². The van der Waals surface area contributed by atoms with Gasteiger partial charge >= 0.3 is 0 Å². The van der Waals surface area contributed by atoms with Gasteiger partial charge in [0.1, 0.15) is 0 Å². The van der Waals surface area contributed by atoms with Crippen molar-refractivity contribution in [2.75, 3.05) is 6.54 Å². The summed E-state index contributed by atoms with van der Waals surface area (Å²) in [5.41, 5.74) is 5.84. The zero-order valence-corrected chi connectivity index (χ0v) is 12.6. The van der Waals surface area contributed by atoms with Crippen LogP contribution in [-0.4, -0.2) is 6.54 Å². The van der Waals surface area contributed by atoms with E-state index >= 15 is 0 Å². The highest BCUT2D eigenvalue weighted by Crippen LogP contribution is 2.31. The van der Waals surface area contributed by atoms with Crippen LogP contribution in [-0.2, 0) is 0 Å². The van der Waals surface area contributed by atoms with Gasteiger partial charge in [-0.2, -0.15) is 0 Å². The number of nitrogens with one attached hydrogen (secondary N) is 1. The van der Waals surface area contributed by atoms with Crippen molar-refractivity contribution >= 4 is 0 Å². The van der Waals surface area contributed by atoms with Crippen LogP contribution in [0.4, 0.5) is 0 Å². The first-order chi connectivity index (χ1) is 9.22. The van der Waals surface area contributed by atoms with Crippen LogP contribution >= 0.6 is 0 Å². The van der Waals surface area contributed by atoms with Crippen LogP contribution < -0.4 is 5.32 Å². The fraction of sp³-hybridized carbons (Fsp3) is 0.556. The monoisotopic (exact) mass is 257 g/mol. The molecule has 1 aromatic rings. The molecule has 0 aliphatic heterocycles. The summed E-state index contributed by atoms with van der Waals surface area (Å²) in [5, 5.41) is 3.75. The molecule has 1 atom stereocenters. The maximum absolute atomic E-state index is 3.75. The lowest BCUT2D eigenvalue weighted by atomic mass is 9.87. The Morgan fingerprint density at radius 1 is 1.21 bits per heavy atom. The summed E-state index contributed by atoms with van der Waals surface area (Å²) >= 11 is 0. The van der Waals surface area contributed by atoms with Gasteiger partial charge in [0, 0.05) is 0 Å². The van der Waals surface area contributed by atoms with Gasteiger partial charge in [-0.25, -0.2) is 0 Å². The molecule has 1 aliphatic carbocycles. The Bertz CT molecular complexity index is 445. The Balaban J connectivity index is 2.27. The molecule has 1 heteroatoms. The van der Waals surface area contributed by atoms with Gasteiger partial charge in [-0.15, -0.1) is 0 Å². The van der Waals surface area contributed by atoms with Gasteiger partial charge in [0.2, 0.25) is 0 Å². The summed E-state index contributed by atoms with van der Waals surface area (Å²) in [7, 11) is 0. The van der Waals surface area contributed by atoms with Gasteiger partial charge in [-0.3, -0.25) is 0 Å². The van der Waals surface area contributed by atoms with E-state index in [1.165, 1.54) is 48.8 Å². The molecule has 0 aromatic heterocycles. The number of aryl methyl sites for hydroxylation is 2. The fourth-order valence-corrected chi connectivity index (χ4v) is 3.00. The molecule has 0 amide bonds. The average Bonchev–Trinajstić information content (AvgIpc) is 2.42. The first-order valence-corrected chi connectivity index (χ1v) is 7.72. The largest absolute Gasteiger partial charge is 0.307 e. The average molecular weight is 257 g/mol. The van der Waals surface area contributed by atoms with E-state index in [-0.39, 0.29) is 0 Å². The molecule has 1 aromatic carbocycles. The van der Waals surface area contributed by atoms with Crippen LogP contribution in [0, 0.1) is 13.8 Å². The highest BCUT2D eigenvalue weighted by atomic mass is 14.9.